The van der Waals surface area contributed by atoms with Gasteiger partial charge in [0.15, 0.2) is 0 Å². The third-order valence-corrected chi connectivity index (χ3v) is 3.90. The van der Waals surface area contributed by atoms with Gasteiger partial charge in [0, 0.05) is 16.8 Å². The summed E-state index contributed by atoms with van der Waals surface area (Å²) in [7, 11) is 4.14. The van der Waals surface area contributed by atoms with Crippen LogP contribution < -0.4 is 0 Å². The van der Waals surface area contributed by atoms with Crippen LogP contribution in [-0.4, -0.2) is 28.5 Å². The summed E-state index contributed by atoms with van der Waals surface area (Å²) in [6.07, 6.45) is 3.05. The molecule has 0 saturated carbocycles. The van der Waals surface area contributed by atoms with Gasteiger partial charge >= 0.3 is 0 Å². The molecule has 0 aliphatic rings. The van der Waals surface area contributed by atoms with Gasteiger partial charge in [-0.2, -0.15) is 0 Å². The Morgan fingerprint density at radius 3 is 2.71 bits per heavy atom. The van der Waals surface area contributed by atoms with Gasteiger partial charge in [-0.3, -0.25) is 4.57 Å². The second-order valence-electron chi connectivity index (χ2n) is 4.48. The molecule has 17 heavy (non-hydrogen) atoms. The Labute approximate surface area is 107 Å². The van der Waals surface area contributed by atoms with Crippen molar-refractivity contribution in [3.05, 3.63) is 34.7 Å². The van der Waals surface area contributed by atoms with Gasteiger partial charge in [-0.15, -0.1) is 11.3 Å². The van der Waals surface area contributed by atoms with Crippen molar-refractivity contribution in [3.63, 3.8) is 0 Å². The number of nitrogens with zero attached hydrogens (tertiary/aromatic N) is 3. The fourth-order valence-corrected chi connectivity index (χ4v) is 2.88. The van der Waals surface area contributed by atoms with Crippen molar-refractivity contribution >= 4 is 11.3 Å². The quantitative estimate of drug-likeness (QED) is 0.831. The van der Waals surface area contributed by atoms with Crippen LogP contribution in [0.1, 0.15) is 23.3 Å². The van der Waals surface area contributed by atoms with E-state index in [0.717, 1.165) is 18.8 Å². The highest BCUT2D eigenvalue weighted by molar-refractivity contribution is 7.14. The molecule has 0 radical (unpaired) electrons. The highest BCUT2D eigenvalue weighted by atomic mass is 32.1. The van der Waals surface area contributed by atoms with Crippen LogP contribution in [0.3, 0.4) is 0 Å². The van der Waals surface area contributed by atoms with E-state index in [9.17, 15) is 0 Å². The minimum atomic E-state index is 0.868. The van der Waals surface area contributed by atoms with E-state index in [-0.39, 0.29) is 0 Å². The molecule has 0 fully saturated rings. The van der Waals surface area contributed by atoms with Gasteiger partial charge in [-0.05, 0) is 39.6 Å². The molecule has 0 saturated heterocycles. The SMILES string of the molecule is CCc1ccc(-n2c(C)cnc2CN(C)C)s1. The standard InChI is InChI=1S/C13H19N3S/c1-5-11-6-7-13(17-11)16-10(2)8-14-12(16)9-15(3)4/h6-8H,5,9H2,1-4H3. The van der Waals surface area contributed by atoms with Crippen LogP contribution in [0.4, 0.5) is 0 Å². The zero-order valence-corrected chi connectivity index (χ0v) is 11.7. The minimum Gasteiger partial charge on any atom is -0.302 e. The minimum absolute atomic E-state index is 0.868. The maximum atomic E-state index is 4.50. The Hall–Kier alpha value is -1.13. The number of aryl methyl sites for hydroxylation is 2. The molecule has 0 unspecified atom stereocenters. The van der Waals surface area contributed by atoms with Crippen LogP contribution >= 0.6 is 11.3 Å². The second-order valence-corrected chi connectivity index (χ2v) is 5.63. The monoisotopic (exact) mass is 249 g/mol. The summed E-state index contributed by atoms with van der Waals surface area (Å²) in [5, 5.41) is 1.27. The third kappa shape index (κ3) is 2.58. The lowest BCUT2D eigenvalue weighted by Crippen LogP contribution is -2.15. The molecular formula is C13H19N3S. The van der Waals surface area contributed by atoms with Crippen molar-refractivity contribution in [1.29, 1.82) is 0 Å². The summed E-state index contributed by atoms with van der Waals surface area (Å²) < 4.78 is 2.25. The van der Waals surface area contributed by atoms with Crippen LogP contribution in [0.25, 0.3) is 5.00 Å². The van der Waals surface area contributed by atoms with Gasteiger partial charge in [-0.1, -0.05) is 6.92 Å². The molecule has 2 heterocycles. The normalized spacial score (nSPS) is 11.4. The Morgan fingerprint density at radius 2 is 2.12 bits per heavy atom. The van der Waals surface area contributed by atoms with E-state index in [0.29, 0.717) is 0 Å². The van der Waals surface area contributed by atoms with E-state index in [1.165, 1.54) is 15.6 Å². The predicted octanol–water partition coefficient (Wildman–Crippen LogP) is 2.87. The van der Waals surface area contributed by atoms with E-state index in [4.69, 9.17) is 0 Å². The average Bonchev–Trinajstić information content (AvgIpc) is 2.85. The summed E-state index contributed by atoms with van der Waals surface area (Å²) in [6.45, 7) is 5.17. The van der Waals surface area contributed by atoms with Crippen molar-refractivity contribution in [1.82, 2.24) is 14.5 Å². The molecule has 4 heteroatoms. The van der Waals surface area contributed by atoms with Gasteiger partial charge in [-0.25, -0.2) is 4.98 Å². The molecule has 92 valence electrons. The summed E-state index contributed by atoms with van der Waals surface area (Å²) in [5.74, 6) is 1.11. The highest BCUT2D eigenvalue weighted by Gasteiger charge is 2.11. The van der Waals surface area contributed by atoms with Crippen LogP contribution in [0.2, 0.25) is 0 Å². The van der Waals surface area contributed by atoms with E-state index in [2.05, 4.69) is 54.5 Å². The fraction of sp³-hybridized carbons (Fsp3) is 0.462. The van der Waals surface area contributed by atoms with Crippen LogP contribution in [-0.2, 0) is 13.0 Å². The molecule has 0 aliphatic carbocycles. The van der Waals surface area contributed by atoms with Crippen LogP contribution in [0.5, 0.6) is 0 Å². The number of hydrogen-bond acceptors (Lipinski definition) is 3. The van der Waals surface area contributed by atoms with E-state index >= 15 is 0 Å². The van der Waals surface area contributed by atoms with E-state index in [1.807, 2.05) is 17.5 Å². The Kier molecular flexibility index (Phi) is 3.64. The topological polar surface area (TPSA) is 21.1 Å². The van der Waals surface area contributed by atoms with Gasteiger partial charge in [0.25, 0.3) is 0 Å². The van der Waals surface area contributed by atoms with Gasteiger partial charge < -0.3 is 4.90 Å². The first-order valence-corrected chi connectivity index (χ1v) is 6.70. The Morgan fingerprint density at radius 1 is 1.35 bits per heavy atom. The summed E-state index contributed by atoms with van der Waals surface area (Å²) in [6, 6.07) is 4.40. The third-order valence-electron chi connectivity index (χ3n) is 2.69. The lowest BCUT2D eigenvalue weighted by molar-refractivity contribution is 0.388. The van der Waals surface area contributed by atoms with Crippen molar-refractivity contribution in [2.75, 3.05) is 14.1 Å². The van der Waals surface area contributed by atoms with Gasteiger partial charge in [0.05, 0.1) is 6.54 Å². The maximum absolute atomic E-state index is 4.50. The molecular weight excluding hydrogens is 230 g/mol. The van der Waals surface area contributed by atoms with Crippen LogP contribution in [0, 0.1) is 6.92 Å². The Bertz CT molecular complexity index is 496. The van der Waals surface area contributed by atoms with E-state index in [1.54, 1.807) is 0 Å². The number of hydrogen-bond donors (Lipinski definition) is 0. The molecule has 2 aromatic rings. The molecule has 3 nitrogen and oxygen atoms in total. The largest absolute Gasteiger partial charge is 0.302 e. The Balaban J connectivity index is 2.39. The number of thiophene rings is 1. The first kappa shape index (κ1) is 12.3. The van der Waals surface area contributed by atoms with Crippen molar-refractivity contribution < 1.29 is 0 Å². The number of imidazole rings is 1. The summed E-state index contributed by atoms with van der Waals surface area (Å²) in [5.41, 5.74) is 1.20. The molecule has 0 bridgehead atoms. The molecule has 0 aromatic carbocycles. The van der Waals surface area contributed by atoms with Crippen molar-refractivity contribution in [2.24, 2.45) is 0 Å². The van der Waals surface area contributed by atoms with E-state index < -0.39 is 0 Å². The van der Waals surface area contributed by atoms with Crippen molar-refractivity contribution in [2.45, 2.75) is 26.8 Å². The lowest BCUT2D eigenvalue weighted by atomic mass is 10.4. The number of aromatic nitrogens is 2. The summed E-state index contributed by atoms with van der Waals surface area (Å²) >= 11 is 1.85. The van der Waals surface area contributed by atoms with Crippen LogP contribution in [0.15, 0.2) is 18.3 Å². The smallest absolute Gasteiger partial charge is 0.128 e. The molecule has 0 spiro atoms. The zero-order chi connectivity index (χ0) is 12.4. The molecule has 2 aromatic heterocycles. The fourth-order valence-electron chi connectivity index (χ4n) is 1.86. The molecule has 2 rings (SSSR count). The molecule has 0 aliphatic heterocycles. The number of rotatable bonds is 4. The highest BCUT2D eigenvalue weighted by Crippen LogP contribution is 2.24. The summed E-state index contributed by atoms with van der Waals surface area (Å²) in [4.78, 5) is 8.06. The van der Waals surface area contributed by atoms with Crippen molar-refractivity contribution in [3.8, 4) is 5.00 Å². The molecule has 0 amide bonds. The lowest BCUT2D eigenvalue weighted by Gasteiger charge is -2.11. The maximum Gasteiger partial charge on any atom is 0.128 e. The average molecular weight is 249 g/mol. The first-order chi connectivity index (χ1) is 8.11. The van der Waals surface area contributed by atoms with Gasteiger partial charge in [0.1, 0.15) is 10.8 Å². The second kappa shape index (κ2) is 5.02. The molecule has 0 N–H and O–H groups in total. The predicted molar refractivity (Wildman–Crippen MR) is 72.9 cm³/mol. The molecule has 0 atom stereocenters. The van der Waals surface area contributed by atoms with Gasteiger partial charge in [0.2, 0.25) is 0 Å². The zero-order valence-electron chi connectivity index (χ0n) is 10.9. The first-order valence-electron chi connectivity index (χ1n) is 5.89.